The molecule has 0 bridgehead atoms. The molecule has 0 spiro atoms. The molecule has 0 N–H and O–H groups in total. The predicted molar refractivity (Wildman–Crippen MR) is 103 cm³/mol. The monoisotopic (exact) mass is 351 g/mol. The van der Waals surface area contributed by atoms with Crippen LogP contribution in [0.4, 0.5) is 4.79 Å². The lowest BCUT2D eigenvalue weighted by Crippen LogP contribution is -2.38. The molecule has 0 radical (unpaired) electrons. The number of amides is 1. The molecule has 1 rings (SSSR count). The van der Waals surface area contributed by atoms with Crippen molar-refractivity contribution < 1.29 is 14.3 Å². The van der Waals surface area contributed by atoms with Gasteiger partial charge in [0, 0.05) is 25.8 Å². The Kier molecular flexibility index (Phi) is 11.3. The molecule has 25 heavy (non-hydrogen) atoms. The topological polar surface area (TPSA) is 46.6 Å². The van der Waals surface area contributed by atoms with Crippen LogP contribution in [0.2, 0.25) is 0 Å². The lowest BCUT2D eigenvalue weighted by Gasteiger charge is -2.23. The smallest absolute Gasteiger partial charge is 0.410 e. The van der Waals surface area contributed by atoms with Crippen LogP contribution in [0.25, 0.3) is 0 Å². The number of cyclic esters (lactones) is 1. The summed E-state index contributed by atoms with van der Waals surface area (Å²) in [6.45, 7) is 6.97. The SMILES string of the molecule is C/C=C\C[C@@H]1OC(=O)N(CCCC)[C@H]1CC(=O)CCCCCCCC. The summed E-state index contributed by atoms with van der Waals surface area (Å²) in [7, 11) is 0. The first kappa shape index (κ1) is 21.7. The second kappa shape index (κ2) is 13.0. The molecule has 1 heterocycles. The fraction of sp³-hybridized carbons (Fsp3) is 0.810. The Bertz CT molecular complexity index is 419. The number of Topliss-reactive ketones (excluding diaryl/α,β-unsaturated/α-hetero) is 1. The highest BCUT2D eigenvalue weighted by molar-refractivity contribution is 5.80. The lowest BCUT2D eigenvalue weighted by atomic mass is 9.98. The van der Waals surface area contributed by atoms with Gasteiger partial charge in [-0.05, 0) is 19.8 Å². The van der Waals surface area contributed by atoms with Crippen molar-refractivity contribution in [3.05, 3.63) is 12.2 Å². The van der Waals surface area contributed by atoms with Crippen molar-refractivity contribution in [3.8, 4) is 0 Å². The van der Waals surface area contributed by atoms with E-state index in [1.807, 2.05) is 19.1 Å². The number of allylic oxidation sites excluding steroid dienone is 1. The van der Waals surface area contributed by atoms with Crippen LogP contribution in [-0.4, -0.2) is 35.5 Å². The molecule has 0 aromatic heterocycles. The number of hydrogen-bond acceptors (Lipinski definition) is 3. The number of carbonyl (C=O) groups excluding carboxylic acids is 2. The molecule has 144 valence electrons. The van der Waals surface area contributed by atoms with Crippen LogP contribution in [0, 0.1) is 0 Å². The van der Waals surface area contributed by atoms with E-state index in [2.05, 4.69) is 13.8 Å². The molecular weight excluding hydrogens is 314 g/mol. The normalized spacial score (nSPS) is 20.4. The van der Waals surface area contributed by atoms with Gasteiger partial charge in [-0.3, -0.25) is 4.79 Å². The molecular formula is C21H37NO3. The van der Waals surface area contributed by atoms with Gasteiger partial charge in [0.2, 0.25) is 0 Å². The minimum Gasteiger partial charge on any atom is -0.444 e. The van der Waals surface area contributed by atoms with Crippen LogP contribution in [-0.2, 0) is 9.53 Å². The molecule has 1 aliphatic heterocycles. The van der Waals surface area contributed by atoms with Crippen molar-refractivity contribution in [2.75, 3.05) is 6.54 Å². The van der Waals surface area contributed by atoms with Gasteiger partial charge in [0.15, 0.2) is 0 Å². The maximum Gasteiger partial charge on any atom is 0.410 e. The van der Waals surface area contributed by atoms with Crippen LogP contribution < -0.4 is 0 Å². The van der Waals surface area contributed by atoms with Crippen LogP contribution >= 0.6 is 0 Å². The molecule has 4 heteroatoms. The summed E-state index contributed by atoms with van der Waals surface area (Å²) in [5.41, 5.74) is 0. The molecule has 0 aliphatic carbocycles. The van der Waals surface area contributed by atoms with Gasteiger partial charge >= 0.3 is 6.09 Å². The number of unbranched alkanes of at least 4 members (excludes halogenated alkanes) is 6. The summed E-state index contributed by atoms with van der Waals surface area (Å²) in [6, 6.07) is -0.0946. The zero-order valence-corrected chi connectivity index (χ0v) is 16.5. The molecule has 1 amide bonds. The highest BCUT2D eigenvalue weighted by atomic mass is 16.6. The first-order valence-electron chi connectivity index (χ1n) is 10.2. The Morgan fingerprint density at radius 2 is 1.76 bits per heavy atom. The van der Waals surface area contributed by atoms with Gasteiger partial charge in [-0.15, -0.1) is 0 Å². The first-order chi connectivity index (χ1) is 12.1. The lowest BCUT2D eigenvalue weighted by molar-refractivity contribution is -0.120. The standard InChI is InChI=1S/C21H37NO3/c1-4-7-10-11-12-13-14-18(23)17-19-20(15-8-5-2)25-21(24)22(19)16-9-6-3/h5,8,19-20H,4,6-7,9-17H2,1-3H3/b8-5-/t19-,20-/m0/s1. The van der Waals surface area contributed by atoms with E-state index in [0.717, 1.165) is 25.7 Å². The third kappa shape index (κ3) is 8.06. The largest absolute Gasteiger partial charge is 0.444 e. The number of ether oxygens (including phenoxy) is 1. The van der Waals surface area contributed by atoms with E-state index < -0.39 is 0 Å². The summed E-state index contributed by atoms with van der Waals surface area (Å²) in [5.74, 6) is 0.269. The van der Waals surface area contributed by atoms with Crippen molar-refractivity contribution in [3.63, 3.8) is 0 Å². The quantitative estimate of drug-likeness (QED) is 0.300. The van der Waals surface area contributed by atoms with Crippen LogP contribution in [0.3, 0.4) is 0 Å². The van der Waals surface area contributed by atoms with Crippen LogP contribution in [0.1, 0.15) is 91.4 Å². The maximum absolute atomic E-state index is 12.4. The zero-order valence-electron chi connectivity index (χ0n) is 16.5. The van der Waals surface area contributed by atoms with E-state index in [4.69, 9.17) is 4.74 Å². The maximum atomic E-state index is 12.4. The van der Waals surface area contributed by atoms with Crippen LogP contribution in [0.15, 0.2) is 12.2 Å². The predicted octanol–water partition coefficient (Wildman–Crippen LogP) is 5.65. The van der Waals surface area contributed by atoms with Gasteiger partial charge < -0.3 is 9.64 Å². The van der Waals surface area contributed by atoms with Gasteiger partial charge in [0.05, 0.1) is 6.04 Å². The van der Waals surface area contributed by atoms with Gasteiger partial charge in [0.1, 0.15) is 11.9 Å². The van der Waals surface area contributed by atoms with E-state index in [1.54, 1.807) is 4.90 Å². The summed E-state index contributed by atoms with van der Waals surface area (Å²) >= 11 is 0. The molecule has 1 saturated heterocycles. The minimum absolute atomic E-state index is 0.0946. The van der Waals surface area contributed by atoms with E-state index >= 15 is 0 Å². The number of hydrogen-bond donors (Lipinski definition) is 0. The van der Waals surface area contributed by atoms with E-state index in [1.165, 1.54) is 25.7 Å². The number of ketones is 1. The summed E-state index contributed by atoms with van der Waals surface area (Å²) in [5, 5.41) is 0. The molecule has 1 aliphatic rings. The van der Waals surface area contributed by atoms with Crippen molar-refractivity contribution in [1.29, 1.82) is 0 Å². The Hall–Kier alpha value is -1.32. The van der Waals surface area contributed by atoms with Crippen LogP contribution in [0.5, 0.6) is 0 Å². The Morgan fingerprint density at radius 3 is 2.44 bits per heavy atom. The summed E-state index contributed by atoms with van der Waals surface area (Å²) in [4.78, 5) is 26.4. The second-order valence-corrected chi connectivity index (χ2v) is 7.10. The van der Waals surface area contributed by atoms with Gasteiger partial charge in [-0.2, -0.15) is 0 Å². The summed E-state index contributed by atoms with van der Waals surface area (Å²) < 4.78 is 5.54. The van der Waals surface area contributed by atoms with Gasteiger partial charge in [-0.25, -0.2) is 4.79 Å². The Morgan fingerprint density at radius 1 is 1.08 bits per heavy atom. The van der Waals surface area contributed by atoms with Crippen molar-refractivity contribution in [2.24, 2.45) is 0 Å². The zero-order chi connectivity index (χ0) is 18.5. The summed E-state index contributed by atoms with van der Waals surface area (Å²) in [6.07, 6.45) is 14.4. The van der Waals surface area contributed by atoms with Crippen molar-refractivity contribution in [1.82, 2.24) is 4.90 Å². The van der Waals surface area contributed by atoms with E-state index in [0.29, 0.717) is 25.8 Å². The van der Waals surface area contributed by atoms with E-state index in [-0.39, 0.29) is 24.0 Å². The van der Waals surface area contributed by atoms with Gasteiger partial charge in [0.25, 0.3) is 0 Å². The fourth-order valence-electron chi connectivity index (χ4n) is 3.35. The first-order valence-corrected chi connectivity index (χ1v) is 10.2. The average Bonchev–Trinajstić information content (AvgIpc) is 2.89. The second-order valence-electron chi connectivity index (χ2n) is 7.10. The fourth-order valence-corrected chi connectivity index (χ4v) is 3.35. The highest BCUT2D eigenvalue weighted by Crippen LogP contribution is 2.26. The molecule has 2 atom stereocenters. The molecule has 0 aromatic rings. The number of carbonyl (C=O) groups is 2. The Balaban J connectivity index is 2.49. The number of nitrogens with zero attached hydrogens (tertiary/aromatic N) is 1. The third-order valence-electron chi connectivity index (χ3n) is 4.92. The molecule has 0 aromatic carbocycles. The average molecular weight is 352 g/mol. The molecule has 0 saturated carbocycles. The number of rotatable bonds is 14. The van der Waals surface area contributed by atoms with E-state index in [9.17, 15) is 9.59 Å². The van der Waals surface area contributed by atoms with Gasteiger partial charge in [-0.1, -0.05) is 64.5 Å². The third-order valence-corrected chi connectivity index (χ3v) is 4.92. The molecule has 0 unspecified atom stereocenters. The van der Waals surface area contributed by atoms with Crippen molar-refractivity contribution in [2.45, 2.75) is 104 Å². The van der Waals surface area contributed by atoms with Crippen molar-refractivity contribution >= 4 is 11.9 Å². The highest BCUT2D eigenvalue weighted by Gasteiger charge is 2.41. The Labute approximate surface area is 154 Å². The molecule has 4 nitrogen and oxygen atoms in total. The molecule has 1 fully saturated rings. The minimum atomic E-state index is -0.250.